The van der Waals surface area contributed by atoms with Crippen LogP contribution in [0.25, 0.3) is 0 Å². The molecule has 98 valence electrons. The molecule has 0 aliphatic rings. The van der Waals surface area contributed by atoms with Gasteiger partial charge in [0.25, 0.3) is 0 Å². The minimum Gasteiger partial charge on any atom is -0.444 e. The van der Waals surface area contributed by atoms with Gasteiger partial charge < -0.3 is 9.73 Å². The van der Waals surface area contributed by atoms with Crippen molar-refractivity contribution in [1.29, 1.82) is 0 Å². The molecule has 0 spiro atoms. The molecular weight excluding hydrogens is 232 g/mol. The number of hydrogen-bond acceptors (Lipinski definition) is 4. The van der Waals surface area contributed by atoms with E-state index in [0.29, 0.717) is 4.75 Å². The molecule has 1 aromatic rings. The Hall–Kier alpha value is -0.480. The Labute approximate surface area is 109 Å². The third-order valence-electron chi connectivity index (χ3n) is 3.52. The highest BCUT2D eigenvalue weighted by Crippen LogP contribution is 2.29. The topological polar surface area (TPSA) is 38.1 Å². The molecular formula is C13H24N2OS. The van der Waals surface area contributed by atoms with Crippen LogP contribution in [0.4, 0.5) is 0 Å². The fourth-order valence-electron chi connectivity index (χ4n) is 1.87. The molecule has 1 heterocycles. The molecule has 0 saturated carbocycles. The van der Waals surface area contributed by atoms with E-state index in [0.717, 1.165) is 30.4 Å². The summed E-state index contributed by atoms with van der Waals surface area (Å²) in [5.74, 6) is 1.71. The first-order valence-electron chi connectivity index (χ1n) is 6.25. The van der Waals surface area contributed by atoms with Crippen molar-refractivity contribution in [3.8, 4) is 0 Å². The van der Waals surface area contributed by atoms with Crippen molar-refractivity contribution in [2.45, 2.75) is 51.8 Å². The summed E-state index contributed by atoms with van der Waals surface area (Å²) in [6, 6.07) is 0. The molecule has 0 atom stereocenters. The Bertz CT molecular complexity index is 317. The van der Waals surface area contributed by atoms with Gasteiger partial charge in [-0.05, 0) is 32.9 Å². The fourth-order valence-corrected chi connectivity index (χ4v) is 2.70. The van der Waals surface area contributed by atoms with E-state index in [4.69, 9.17) is 4.42 Å². The van der Waals surface area contributed by atoms with Gasteiger partial charge in [-0.3, -0.25) is 0 Å². The van der Waals surface area contributed by atoms with Crippen LogP contribution in [0, 0.1) is 13.8 Å². The normalized spacial score (nSPS) is 12.1. The van der Waals surface area contributed by atoms with Gasteiger partial charge in [0.05, 0.1) is 12.2 Å². The van der Waals surface area contributed by atoms with Crippen molar-refractivity contribution in [2.75, 3.05) is 12.8 Å². The van der Waals surface area contributed by atoms with Crippen LogP contribution >= 0.6 is 11.8 Å². The van der Waals surface area contributed by atoms with Crippen LogP contribution < -0.4 is 5.32 Å². The summed E-state index contributed by atoms with van der Waals surface area (Å²) in [6.07, 6.45) is 4.55. The highest BCUT2D eigenvalue weighted by Gasteiger charge is 2.24. The summed E-state index contributed by atoms with van der Waals surface area (Å²) in [5, 5.41) is 3.46. The highest BCUT2D eigenvalue weighted by molar-refractivity contribution is 8.00. The fraction of sp³-hybridized carbons (Fsp3) is 0.769. The molecule has 0 radical (unpaired) electrons. The van der Waals surface area contributed by atoms with Gasteiger partial charge in [-0.2, -0.15) is 11.8 Å². The van der Waals surface area contributed by atoms with Crippen LogP contribution in [0.15, 0.2) is 4.42 Å². The molecule has 3 nitrogen and oxygen atoms in total. The van der Waals surface area contributed by atoms with Crippen molar-refractivity contribution in [1.82, 2.24) is 10.3 Å². The summed E-state index contributed by atoms with van der Waals surface area (Å²) in [4.78, 5) is 4.37. The lowest BCUT2D eigenvalue weighted by Gasteiger charge is -2.29. The van der Waals surface area contributed by atoms with Crippen LogP contribution in [0.1, 0.15) is 44.0 Å². The highest BCUT2D eigenvalue weighted by atomic mass is 32.2. The van der Waals surface area contributed by atoms with E-state index in [2.05, 4.69) is 30.4 Å². The number of nitrogens with one attached hydrogen (secondary N) is 1. The Morgan fingerprint density at radius 3 is 2.35 bits per heavy atom. The van der Waals surface area contributed by atoms with Gasteiger partial charge in [0.2, 0.25) is 5.89 Å². The number of thioether (sulfide) groups is 1. The quantitative estimate of drug-likeness (QED) is 0.812. The van der Waals surface area contributed by atoms with Crippen LogP contribution in [-0.2, 0) is 6.54 Å². The molecule has 4 heteroatoms. The van der Waals surface area contributed by atoms with E-state index in [1.165, 1.54) is 12.8 Å². The van der Waals surface area contributed by atoms with E-state index in [1.54, 1.807) is 0 Å². The molecule has 17 heavy (non-hydrogen) atoms. The second-order valence-electron chi connectivity index (χ2n) is 4.45. The molecule has 1 N–H and O–H groups in total. The summed E-state index contributed by atoms with van der Waals surface area (Å²) in [5.41, 5.74) is 0.990. The Morgan fingerprint density at radius 2 is 1.94 bits per heavy atom. The molecule has 0 aliphatic heterocycles. The smallest absolute Gasteiger partial charge is 0.208 e. The zero-order valence-electron chi connectivity index (χ0n) is 11.6. The third-order valence-corrected chi connectivity index (χ3v) is 5.11. The molecule has 0 aliphatic carbocycles. The van der Waals surface area contributed by atoms with Gasteiger partial charge in [0.15, 0.2) is 0 Å². The molecule has 0 aromatic carbocycles. The largest absolute Gasteiger partial charge is 0.444 e. The maximum atomic E-state index is 5.55. The number of oxazole rings is 1. The monoisotopic (exact) mass is 256 g/mol. The number of aryl methyl sites for hydroxylation is 2. The maximum Gasteiger partial charge on any atom is 0.208 e. The predicted octanol–water partition coefficient (Wildman–Crippen LogP) is 3.30. The van der Waals surface area contributed by atoms with Gasteiger partial charge in [0, 0.05) is 11.3 Å². The van der Waals surface area contributed by atoms with E-state index in [-0.39, 0.29) is 0 Å². The zero-order valence-corrected chi connectivity index (χ0v) is 12.4. The summed E-state index contributed by atoms with van der Waals surface area (Å²) < 4.78 is 5.89. The van der Waals surface area contributed by atoms with Gasteiger partial charge in [-0.1, -0.05) is 13.8 Å². The lowest BCUT2D eigenvalue weighted by molar-refractivity contribution is 0.427. The minimum atomic E-state index is 0.344. The van der Waals surface area contributed by atoms with E-state index in [1.807, 2.05) is 25.6 Å². The second-order valence-corrected chi connectivity index (χ2v) is 5.72. The third kappa shape index (κ3) is 3.75. The Morgan fingerprint density at radius 1 is 1.29 bits per heavy atom. The van der Waals surface area contributed by atoms with E-state index in [9.17, 15) is 0 Å². The Balaban J connectivity index is 2.46. The molecule has 0 fully saturated rings. The number of nitrogens with zero attached hydrogens (tertiary/aromatic N) is 1. The van der Waals surface area contributed by atoms with Gasteiger partial charge in [-0.25, -0.2) is 4.98 Å². The standard InChI is InChI=1S/C13H24N2OS/c1-6-13(7-2,17-5)9-14-8-12-15-10(3)11(4)16-12/h14H,6-9H2,1-5H3. The van der Waals surface area contributed by atoms with Crippen molar-refractivity contribution in [3.05, 3.63) is 17.3 Å². The number of rotatable bonds is 7. The molecule has 0 bridgehead atoms. The SMILES string of the molecule is CCC(CC)(CNCc1nc(C)c(C)o1)SC. The average molecular weight is 256 g/mol. The lowest BCUT2D eigenvalue weighted by Crippen LogP contribution is -2.36. The van der Waals surface area contributed by atoms with Gasteiger partial charge in [0.1, 0.15) is 5.76 Å². The van der Waals surface area contributed by atoms with Crippen molar-refractivity contribution < 1.29 is 4.42 Å². The van der Waals surface area contributed by atoms with Crippen LogP contribution in [0.3, 0.4) is 0 Å². The van der Waals surface area contributed by atoms with Crippen molar-refractivity contribution in [3.63, 3.8) is 0 Å². The first-order valence-corrected chi connectivity index (χ1v) is 7.48. The van der Waals surface area contributed by atoms with Crippen LogP contribution in [-0.4, -0.2) is 22.5 Å². The van der Waals surface area contributed by atoms with E-state index >= 15 is 0 Å². The first-order chi connectivity index (χ1) is 8.06. The van der Waals surface area contributed by atoms with Crippen molar-refractivity contribution in [2.24, 2.45) is 0 Å². The van der Waals surface area contributed by atoms with Crippen molar-refractivity contribution >= 4 is 11.8 Å². The molecule has 1 aromatic heterocycles. The van der Waals surface area contributed by atoms with Crippen LogP contribution in [0.2, 0.25) is 0 Å². The summed E-state index contributed by atoms with van der Waals surface area (Å²) in [6.45, 7) is 10.2. The molecule has 0 unspecified atom stereocenters. The van der Waals surface area contributed by atoms with Gasteiger partial charge >= 0.3 is 0 Å². The molecule has 0 saturated heterocycles. The minimum absolute atomic E-state index is 0.344. The van der Waals surface area contributed by atoms with Crippen LogP contribution in [0.5, 0.6) is 0 Å². The Kier molecular flexibility index (Phi) is 5.53. The molecule has 0 amide bonds. The van der Waals surface area contributed by atoms with Gasteiger partial charge in [-0.15, -0.1) is 0 Å². The molecule has 1 rings (SSSR count). The summed E-state index contributed by atoms with van der Waals surface area (Å²) in [7, 11) is 0. The number of aromatic nitrogens is 1. The first kappa shape index (κ1) is 14.6. The zero-order chi connectivity index (χ0) is 12.9. The summed E-state index contributed by atoms with van der Waals surface area (Å²) >= 11 is 1.95. The maximum absolute atomic E-state index is 5.55. The lowest BCUT2D eigenvalue weighted by atomic mass is 10.0. The number of hydrogen-bond donors (Lipinski definition) is 1. The average Bonchev–Trinajstić information content (AvgIpc) is 2.65. The predicted molar refractivity (Wildman–Crippen MR) is 74.5 cm³/mol. The van der Waals surface area contributed by atoms with E-state index < -0.39 is 0 Å². The second kappa shape index (κ2) is 6.45.